The summed E-state index contributed by atoms with van der Waals surface area (Å²) in [5.74, 6) is 0.763. The molecule has 0 radical (unpaired) electrons. The summed E-state index contributed by atoms with van der Waals surface area (Å²) in [6.07, 6.45) is 6.22. The Morgan fingerprint density at radius 1 is 1.48 bits per heavy atom. The normalized spacial score (nSPS) is 17.7. The van der Waals surface area contributed by atoms with Crippen LogP contribution in [0.5, 0.6) is 0 Å². The smallest absolute Gasteiger partial charge is 0.225 e. The first-order chi connectivity index (χ1) is 11.3. The van der Waals surface area contributed by atoms with Gasteiger partial charge in [-0.3, -0.25) is 9.71 Å². The summed E-state index contributed by atoms with van der Waals surface area (Å²) in [7, 11) is 0. The molecule has 1 aliphatic rings. The Bertz CT molecular complexity index is 696. The third-order valence-corrected chi connectivity index (χ3v) is 4.31. The molecule has 0 saturated heterocycles. The van der Waals surface area contributed by atoms with E-state index in [1.54, 1.807) is 24.5 Å². The zero-order chi connectivity index (χ0) is 16.1. The first-order valence-electron chi connectivity index (χ1n) is 7.65. The van der Waals surface area contributed by atoms with Gasteiger partial charge in [-0.2, -0.15) is 5.10 Å². The average Bonchev–Trinajstić information content (AvgIpc) is 3.22. The summed E-state index contributed by atoms with van der Waals surface area (Å²) < 4.78 is 8.56. The molecule has 6 heteroatoms. The number of aliphatic imine (C=N–C) groups is 1. The van der Waals surface area contributed by atoms with Crippen molar-refractivity contribution in [3.63, 3.8) is 0 Å². The fourth-order valence-electron chi connectivity index (χ4n) is 2.44. The van der Waals surface area contributed by atoms with Crippen LogP contribution in [0.15, 0.2) is 62.3 Å². The van der Waals surface area contributed by atoms with Gasteiger partial charge in [-0.15, -0.1) is 0 Å². The maximum absolute atomic E-state index is 5.21. The Kier molecular flexibility index (Phi) is 5.02. The number of aryl methyl sites for hydroxylation is 1. The fraction of sp³-hybridized carbons (Fsp3) is 0.294. The summed E-state index contributed by atoms with van der Waals surface area (Å²) in [6.45, 7) is 4.80. The fourth-order valence-corrected chi connectivity index (χ4v) is 3.20. The van der Waals surface area contributed by atoms with Crippen molar-refractivity contribution in [2.24, 2.45) is 10.1 Å². The highest BCUT2D eigenvalue weighted by Gasteiger charge is 2.27. The van der Waals surface area contributed by atoms with E-state index >= 15 is 0 Å². The summed E-state index contributed by atoms with van der Waals surface area (Å²) in [4.78, 5) is 5.72. The summed E-state index contributed by atoms with van der Waals surface area (Å²) in [5, 5.41) is 6.41. The highest BCUT2D eigenvalue weighted by Crippen LogP contribution is 2.29. The minimum Gasteiger partial charge on any atom is -0.472 e. The van der Waals surface area contributed by atoms with Gasteiger partial charge in [-0.1, -0.05) is 12.1 Å². The van der Waals surface area contributed by atoms with E-state index in [0.717, 1.165) is 22.8 Å². The third-order valence-electron chi connectivity index (χ3n) is 3.53. The molecule has 0 aliphatic carbocycles. The van der Waals surface area contributed by atoms with E-state index in [4.69, 9.17) is 4.42 Å². The Labute approximate surface area is 140 Å². The second kappa shape index (κ2) is 7.37. The van der Waals surface area contributed by atoms with Gasteiger partial charge in [0.15, 0.2) is 0 Å². The molecule has 23 heavy (non-hydrogen) atoms. The maximum Gasteiger partial charge on any atom is 0.225 e. The molecule has 1 aliphatic heterocycles. The van der Waals surface area contributed by atoms with Gasteiger partial charge in [0.2, 0.25) is 5.96 Å². The molecular weight excluding hydrogens is 308 g/mol. The number of nitrogens with zero attached hydrogens (tertiary/aromatic N) is 3. The van der Waals surface area contributed by atoms with Crippen LogP contribution in [-0.2, 0) is 0 Å². The summed E-state index contributed by atoms with van der Waals surface area (Å²) >= 11 is 1.55. The van der Waals surface area contributed by atoms with Crippen LogP contribution in [0.1, 0.15) is 30.5 Å². The molecule has 0 saturated carbocycles. The van der Waals surface area contributed by atoms with Crippen LogP contribution in [-0.4, -0.2) is 23.7 Å². The number of hydrogen-bond acceptors (Lipinski definition) is 4. The molecule has 1 N–H and O–H groups in total. The number of benzene rings is 1. The largest absolute Gasteiger partial charge is 0.472 e. The highest BCUT2D eigenvalue weighted by atomic mass is 32.2. The van der Waals surface area contributed by atoms with Crippen LogP contribution in [0.4, 0.5) is 0 Å². The topological polar surface area (TPSA) is 53.1 Å². The SMILES string of the molecule is CCN=C(NSc1cccc(C)c1)N1N=CCC1c1ccoc1. The maximum atomic E-state index is 5.21. The lowest BCUT2D eigenvalue weighted by atomic mass is 10.1. The van der Waals surface area contributed by atoms with E-state index in [2.05, 4.69) is 46.0 Å². The van der Waals surface area contributed by atoms with E-state index in [-0.39, 0.29) is 6.04 Å². The Morgan fingerprint density at radius 3 is 3.13 bits per heavy atom. The van der Waals surface area contributed by atoms with Gasteiger partial charge in [0.05, 0.1) is 18.6 Å². The second-order valence-corrected chi connectivity index (χ2v) is 6.15. The number of rotatable bonds is 4. The van der Waals surface area contributed by atoms with Crippen molar-refractivity contribution in [1.29, 1.82) is 0 Å². The molecule has 1 unspecified atom stereocenters. The number of guanidine groups is 1. The Balaban J connectivity index is 1.73. The molecule has 0 bridgehead atoms. The van der Waals surface area contributed by atoms with Gasteiger partial charge in [0.1, 0.15) is 0 Å². The van der Waals surface area contributed by atoms with Crippen molar-refractivity contribution in [1.82, 2.24) is 9.73 Å². The van der Waals surface area contributed by atoms with E-state index in [0.29, 0.717) is 6.54 Å². The number of hydrazone groups is 1. The van der Waals surface area contributed by atoms with Crippen molar-refractivity contribution in [2.75, 3.05) is 6.54 Å². The Morgan fingerprint density at radius 2 is 2.39 bits per heavy atom. The van der Waals surface area contributed by atoms with Crippen molar-refractivity contribution < 1.29 is 4.42 Å². The van der Waals surface area contributed by atoms with Gasteiger partial charge < -0.3 is 4.42 Å². The number of nitrogens with one attached hydrogen (secondary N) is 1. The van der Waals surface area contributed by atoms with E-state index in [1.807, 2.05) is 24.2 Å². The lowest BCUT2D eigenvalue weighted by Crippen LogP contribution is -2.35. The molecule has 2 heterocycles. The van der Waals surface area contributed by atoms with Gasteiger partial charge in [-0.05, 0) is 49.6 Å². The number of furan rings is 1. The molecule has 2 aromatic rings. The molecule has 1 aromatic carbocycles. The monoisotopic (exact) mass is 328 g/mol. The van der Waals surface area contributed by atoms with Crippen molar-refractivity contribution in [2.45, 2.75) is 31.2 Å². The summed E-state index contributed by atoms with van der Waals surface area (Å²) in [5.41, 5.74) is 2.34. The lowest BCUT2D eigenvalue weighted by molar-refractivity contribution is 0.359. The van der Waals surface area contributed by atoms with Crippen molar-refractivity contribution in [3.8, 4) is 0 Å². The van der Waals surface area contributed by atoms with E-state index in [1.165, 1.54) is 5.56 Å². The molecule has 5 nitrogen and oxygen atoms in total. The minimum atomic E-state index is 0.129. The van der Waals surface area contributed by atoms with Crippen LogP contribution in [0.3, 0.4) is 0 Å². The van der Waals surface area contributed by atoms with E-state index < -0.39 is 0 Å². The molecular formula is C17H20N4OS. The zero-order valence-corrected chi connectivity index (χ0v) is 14.1. The second-order valence-electron chi connectivity index (χ2n) is 5.27. The standard InChI is InChI=1S/C17H20N4OS/c1-3-18-17(20-23-15-6-4-5-13(2)11-15)21-16(7-9-19-21)14-8-10-22-12-14/h4-6,8-12,16H,3,7H2,1-2H3,(H,18,20). The molecule has 0 amide bonds. The number of hydrogen-bond donors (Lipinski definition) is 1. The first kappa shape index (κ1) is 15.7. The van der Waals surface area contributed by atoms with Crippen LogP contribution in [0, 0.1) is 6.92 Å². The van der Waals surface area contributed by atoms with Crippen LogP contribution in [0.25, 0.3) is 0 Å². The van der Waals surface area contributed by atoms with Gasteiger partial charge in [0, 0.05) is 29.6 Å². The van der Waals surface area contributed by atoms with Gasteiger partial charge in [-0.25, -0.2) is 5.01 Å². The Hall–Kier alpha value is -2.21. The molecule has 0 spiro atoms. The van der Waals surface area contributed by atoms with Crippen LogP contribution < -0.4 is 4.72 Å². The minimum absolute atomic E-state index is 0.129. The van der Waals surface area contributed by atoms with E-state index in [9.17, 15) is 0 Å². The average molecular weight is 328 g/mol. The molecule has 1 atom stereocenters. The summed E-state index contributed by atoms with van der Waals surface area (Å²) in [6, 6.07) is 10.5. The van der Waals surface area contributed by atoms with Gasteiger partial charge in [0.25, 0.3) is 0 Å². The predicted molar refractivity (Wildman–Crippen MR) is 94.5 cm³/mol. The molecule has 3 rings (SSSR count). The molecule has 0 fully saturated rings. The zero-order valence-electron chi connectivity index (χ0n) is 13.3. The first-order valence-corrected chi connectivity index (χ1v) is 8.47. The quantitative estimate of drug-likeness (QED) is 0.524. The highest BCUT2D eigenvalue weighted by molar-refractivity contribution is 7.98. The van der Waals surface area contributed by atoms with Crippen LogP contribution in [0.2, 0.25) is 0 Å². The van der Waals surface area contributed by atoms with Crippen molar-refractivity contribution in [3.05, 3.63) is 54.0 Å². The molecule has 1 aromatic heterocycles. The lowest BCUT2D eigenvalue weighted by Gasteiger charge is -2.24. The van der Waals surface area contributed by atoms with Crippen LogP contribution >= 0.6 is 11.9 Å². The molecule has 120 valence electrons. The third kappa shape index (κ3) is 3.76. The van der Waals surface area contributed by atoms with Crippen molar-refractivity contribution >= 4 is 24.1 Å². The predicted octanol–water partition coefficient (Wildman–Crippen LogP) is 3.99. The van der Waals surface area contributed by atoms with Gasteiger partial charge >= 0.3 is 0 Å².